The van der Waals surface area contributed by atoms with Gasteiger partial charge in [0.1, 0.15) is 0 Å². The quantitative estimate of drug-likeness (QED) is 0.522. The Morgan fingerprint density at radius 1 is 1.24 bits per heavy atom. The van der Waals surface area contributed by atoms with Gasteiger partial charge in [-0.1, -0.05) is 46.6 Å². The van der Waals surface area contributed by atoms with E-state index in [2.05, 4.69) is 34.3 Å². The van der Waals surface area contributed by atoms with Crippen LogP contribution in [-0.2, 0) is 5.75 Å². The standard InChI is InChI=1S/C16H15N5OS3/c1-9(2)17-14-19-20-16(25-14)23-8-10-7-13(22)21-11-5-3-4-6-12(11)24-15(21)18-10/h3-7,9H,8H2,1-2H3,(H,17,19). The minimum atomic E-state index is -0.0440. The van der Waals surface area contributed by atoms with E-state index in [9.17, 15) is 4.79 Å². The third kappa shape index (κ3) is 3.39. The van der Waals surface area contributed by atoms with Crippen LogP contribution in [0.5, 0.6) is 0 Å². The van der Waals surface area contributed by atoms with Gasteiger partial charge in [0.15, 0.2) is 9.30 Å². The second kappa shape index (κ2) is 6.74. The molecule has 9 heteroatoms. The molecular formula is C16H15N5OS3. The number of thiazole rings is 1. The number of hydrogen-bond acceptors (Lipinski definition) is 8. The highest BCUT2D eigenvalue weighted by Gasteiger charge is 2.11. The van der Waals surface area contributed by atoms with E-state index < -0.39 is 0 Å². The minimum absolute atomic E-state index is 0.0440. The molecule has 0 saturated heterocycles. The van der Waals surface area contributed by atoms with E-state index in [0.717, 1.165) is 30.3 Å². The topological polar surface area (TPSA) is 72.2 Å². The first kappa shape index (κ1) is 16.5. The Morgan fingerprint density at radius 2 is 2.08 bits per heavy atom. The van der Waals surface area contributed by atoms with Crippen molar-refractivity contribution in [2.45, 2.75) is 30.0 Å². The van der Waals surface area contributed by atoms with Gasteiger partial charge < -0.3 is 5.32 Å². The number of fused-ring (bicyclic) bond motifs is 3. The first-order chi connectivity index (χ1) is 12.1. The minimum Gasteiger partial charge on any atom is -0.358 e. The predicted octanol–water partition coefficient (Wildman–Crippen LogP) is 3.87. The van der Waals surface area contributed by atoms with Crippen LogP contribution in [0.1, 0.15) is 19.5 Å². The number of anilines is 1. The summed E-state index contributed by atoms with van der Waals surface area (Å²) in [5.74, 6) is 0.594. The van der Waals surface area contributed by atoms with Crippen molar-refractivity contribution in [3.63, 3.8) is 0 Å². The van der Waals surface area contributed by atoms with E-state index in [1.165, 1.54) is 22.7 Å². The summed E-state index contributed by atoms with van der Waals surface area (Å²) in [6, 6.07) is 9.78. The Hall–Kier alpha value is -1.97. The molecule has 128 valence electrons. The van der Waals surface area contributed by atoms with E-state index in [-0.39, 0.29) is 5.56 Å². The van der Waals surface area contributed by atoms with Crippen molar-refractivity contribution >= 4 is 54.7 Å². The molecule has 3 aromatic heterocycles. The monoisotopic (exact) mass is 389 g/mol. The summed E-state index contributed by atoms with van der Waals surface area (Å²) < 4.78 is 3.59. The van der Waals surface area contributed by atoms with Crippen molar-refractivity contribution in [2.24, 2.45) is 0 Å². The van der Waals surface area contributed by atoms with Gasteiger partial charge in [-0.2, -0.15) is 0 Å². The Labute approximate surface area is 156 Å². The van der Waals surface area contributed by atoms with Gasteiger partial charge in [0, 0.05) is 17.9 Å². The van der Waals surface area contributed by atoms with Crippen LogP contribution in [0.25, 0.3) is 15.2 Å². The summed E-state index contributed by atoms with van der Waals surface area (Å²) >= 11 is 4.59. The average molecular weight is 390 g/mol. The maximum absolute atomic E-state index is 12.5. The molecule has 0 spiro atoms. The second-order valence-corrected chi connectivity index (χ2v) is 8.94. The van der Waals surface area contributed by atoms with Crippen LogP contribution in [0.2, 0.25) is 0 Å². The summed E-state index contributed by atoms with van der Waals surface area (Å²) in [7, 11) is 0. The molecule has 0 aliphatic carbocycles. The molecule has 3 heterocycles. The largest absolute Gasteiger partial charge is 0.358 e. The highest BCUT2D eigenvalue weighted by atomic mass is 32.2. The first-order valence-corrected chi connectivity index (χ1v) is 10.3. The van der Waals surface area contributed by atoms with E-state index in [1.807, 2.05) is 24.3 Å². The zero-order valence-corrected chi connectivity index (χ0v) is 16.0. The Kier molecular flexibility index (Phi) is 4.45. The van der Waals surface area contributed by atoms with Crippen LogP contribution >= 0.6 is 34.4 Å². The summed E-state index contributed by atoms with van der Waals surface area (Å²) in [5, 5.41) is 12.3. The van der Waals surface area contributed by atoms with E-state index >= 15 is 0 Å². The fourth-order valence-corrected chi connectivity index (χ4v) is 5.25. The lowest BCUT2D eigenvalue weighted by molar-refractivity contribution is 0.883. The molecule has 25 heavy (non-hydrogen) atoms. The molecule has 1 N–H and O–H groups in total. The number of rotatable bonds is 5. The van der Waals surface area contributed by atoms with Crippen molar-refractivity contribution in [2.75, 3.05) is 5.32 Å². The third-order valence-electron chi connectivity index (χ3n) is 3.41. The molecule has 0 amide bonds. The molecule has 0 radical (unpaired) electrons. The lowest BCUT2D eigenvalue weighted by Crippen LogP contribution is -2.13. The molecule has 0 atom stereocenters. The number of nitrogens with one attached hydrogen (secondary N) is 1. The zero-order valence-electron chi connectivity index (χ0n) is 13.6. The molecule has 4 aromatic rings. The molecule has 0 aliphatic rings. The normalized spacial score (nSPS) is 11.6. The van der Waals surface area contributed by atoms with Gasteiger partial charge in [-0.25, -0.2) is 4.98 Å². The van der Waals surface area contributed by atoms with Crippen molar-refractivity contribution in [1.29, 1.82) is 0 Å². The molecule has 0 unspecified atom stereocenters. The van der Waals surface area contributed by atoms with E-state index in [4.69, 9.17) is 0 Å². The Balaban J connectivity index is 1.58. The summed E-state index contributed by atoms with van der Waals surface area (Å²) in [6.45, 7) is 4.12. The van der Waals surface area contributed by atoms with Gasteiger partial charge in [0.2, 0.25) is 5.13 Å². The van der Waals surface area contributed by atoms with Crippen LogP contribution in [0.3, 0.4) is 0 Å². The molecule has 4 rings (SSSR count). The smallest absolute Gasteiger partial charge is 0.259 e. The first-order valence-electron chi connectivity index (χ1n) is 7.73. The number of benzene rings is 1. The van der Waals surface area contributed by atoms with Crippen LogP contribution in [0.4, 0.5) is 5.13 Å². The summed E-state index contributed by atoms with van der Waals surface area (Å²) in [5.41, 5.74) is 1.63. The van der Waals surface area contributed by atoms with Crippen molar-refractivity contribution in [3.8, 4) is 0 Å². The number of nitrogens with zero attached hydrogens (tertiary/aromatic N) is 4. The van der Waals surface area contributed by atoms with Gasteiger partial charge in [0.05, 0.1) is 15.9 Å². The molecular weight excluding hydrogens is 374 g/mol. The third-order valence-corrected chi connectivity index (χ3v) is 6.45. The van der Waals surface area contributed by atoms with Gasteiger partial charge in [-0.3, -0.25) is 9.20 Å². The fraction of sp³-hybridized carbons (Fsp3) is 0.250. The van der Waals surface area contributed by atoms with Crippen molar-refractivity contribution in [3.05, 3.63) is 46.4 Å². The number of thioether (sulfide) groups is 1. The molecule has 0 fully saturated rings. The summed E-state index contributed by atoms with van der Waals surface area (Å²) in [6.07, 6.45) is 0. The number of hydrogen-bond donors (Lipinski definition) is 1. The van der Waals surface area contributed by atoms with Crippen LogP contribution < -0.4 is 10.9 Å². The Morgan fingerprint density at radius 3 is 2.92 bits per heavy atom. The molecule has 0 bridgehead atoms. The number of para-hydroxylation sites is 1. The number of aromatic nitrogens is 4. The molecule has 0 aliphatic heterocycles. The highest BCUT2D eigenvalue weighted by molar-refractivity contribution is 8.00. The predicted molar refractivity (Wildman–Crippen MR) is 105 cm³/mol. The van der Waals surface area contributed by atoms with Gasteiger partial charge in [0.25, 0.3) is 5.56 Å². The maximum atomic E-state index is 12.5. The van der Waals surface area contributed by atoms with Gasteiger partial charge >= 0.3 is 0 Å². The summed E-state index contributed by atoms with van der Waals surface area (Å²) in [4.78, 5) is 17.9. The van der Waals surface area contributed by atoms with Crippen molar-refractivity contribution in [1.82, 2.24) is 19.6 Å². The molecule has 1 aromatic carbocycles. The zero-order chi connectivity index (χ0) is 17.4. The SMILES string of the molecule is CC(C)Nc1nnc(SCc2cc(=O)n3c(n2)sc2ccccc23)s1. The fourth-order valence-electron chi connectivity index (χ4n) is 2.41. The molecule has 6 nitrogen and oxygen atoms in total. The van der Waals surface area contributed by atoms with E-state index in [1.54, 1.807) is 22.2 Å². The van der Waals surface area contributed by atoms with Crippen molar-refractivity contribution < 1.29 is 0 Å². The maximum Gasteiger partial charge on any atom is 0.259 e. The highest BCUT2D eigenvalue weighted by Crippen LogP contribution is 2.29. The van der Waals surface area contributed by atoms with Crippen LogP contribution in [-0.4, -0.2) is 25.6 Å². The van der Waals surface area contributed by atoms with Crippen LogP contribution in [0, 0.1) is 0 Å². The second-order valence-electron chi connectivity index (χ2n) is 5.73. The lowest BCUT2D eigenvalue weighted by Gasteiger charge is -2.03. The van der Waals surface area contributed by atoms with Crippen LogP contribution in [0.15, 0.2) is 39.5 Å². The Bertz CT molecular complexity index is 1100. The average Bonchev–Trinajstić information content (AvgIpc) is 3.16. The van der Waals surface area contributed by atoms with Gasteiger partial charge in [-0.15, -0.1) is 10.2 Å². The van der Waals surface area contributed by atoms with E-state index in [0.29, 0.717) is 11.8 Å². The van der Waals surface area contributed by atoms with Gasteiger partial charge in [-0.05, 0) is 26.0 Å². The lowest BCUT2D eigenvalue weighted by atomic mass is 10.3. The molecule has 0 saturated carbocycles.